The molecule has 0 aliphatic carbocycles. The van der Waals surface area contributed by atoms with Crippen LogP contribution in [0.5, 0.6) is 0 Å². The quantitative estimate of drug-likeness (QED) is 0.0197. The molecule has 0 rings (SSSR count). The third-order valence-corrected chi connectivity index (χ3v) is 15.1. The second-order valence-electron chi connectivity index (χ2n) is 22.2. The van der Waals surface area contributed by atoms with E-state index in [2.05, 4.69) is 130 Å². The molecule has 3 unspecified atom stereocenters. The zero-order valence-corrected chi connectivity index (χ0v) is 54.5. The molecule has 0 aromatic heterocycles. The highest BCUT2D eigenvalue weighted by molar-refractivity contribution is 7.47. The molecule has 0 saturated carbocycles. The Labute approximate surface area is 514 Å². The van der Waals surface area contributed by atoms with Gasteiger partial charge in [0.25, 0.3) is 0 Å². The average molecular weight is 1200 g/mol. The molecule has 3 atom stereocenters. The molecule has 0 saturated heterocycles. The average Bonchev–Trinajstić information content (AvgIpc) is 3.53. The van der Waals surface area contributed by atoms with E-state index in [4.69, 9.17) is 23.3 Å². The maximum absolute atomic E-state index is 13.0. The van der Waals surface area contributed by atoms with Crippen molar-refractivity contribution >= 4 is 25.7 Å². The summed E-state index contributed by atoms with van der Waals surface area (Å²) in [6.45, 7) is 4.41. The van der Waals surface area contributed by atoms with Crippen LogP contribution >= 0.6 is 7.82 Å². The van der Waals surface area contributed by atoms with E-state index in [9.17, 15) is 28.9 Å². The van der Waals surface area contributed by atoms with E-state index >= 15 is 0 Å². The number of hydrogen-bond acceptors (Lipinski definition) is 10. The van der Waals surface area contributed by atoms with Crippen molar-refractivity contribution in [1.82, 2.24) is 0 Å². The first kappa shape index (κ1) is 80.1. The van der Waals surface area contributed by atoms with Gasteiger partial charge in [0.2, 0.25) is 0 Å². The zero-order chi connectivity index (χ0) is 61.2. The largest absolute Gasteiger partial charge is 0.472 e. The number of phosphoric acid groups is 1. The summed E-state index contributed by atoms with van der Waals surface area (Å²) in [4.78, 5) is 48.9. The van der Waals surface area contributed by atoms with Crippen LogP contribution in [0.4, 0.5) is 0 Å². The van der Waals surface area contributed by atoms with Crippen LogP contribution in [0, 0.1) is 0 Å². The Morgan fingerprint density at radius 2 is 0.619 bits per heavy atom. The maximum Gasteiger partial charge on any atom is 0.472 e. The molecule has 0 aliphatic heterocycles. The molecule has 11 nitrogen and oxygen atoms in total. The molecule has 482 valence electrons. The number of rotatable bonds is 62. The van der Waals surface area contributed by atoms with E-state index in [-0.39, 0.29) is 25.9 Å². The van der Waals surface area contributed by atoms with Crippen molar-refractivity contribution in [2.24, 2.45) is 0 Å². The fraction of sp³-hybridized carbons (Fsp3) is 0.708. The van der Waals surface area contributed by atoms with Crippen LogP contribution < -0.4 is 0 Å². The van der Waals surface area contributed by atoms with E-state index in [1.807, 2.05) is 0 Å². The Kier molecular flexibility index (Phi) is 62.1. The van der Waals surface area contributed by atoms with Crippen LogP contribution in [-0.2, 0) is 42.2 Å². The normalized spacial score (nSPS) is 13.9. The minimum atomic E-state index is -4.77. The molecule has 0 radical (unpaired) electrons. The van der Waals surface area contributed by atoms with E-state index in [1.54, 1.807) is 0 Å². The van der Waals surface area contributed by atoms with Crippen molar-refractivity contribution in [1.29, 1.82) is 0 Å². The van der Waals surface area contributed by atoms with E-state index in [1.165, 1.54) is 96.3 Å². The SMILES string of the molecule is CC/C=C\C/C=C\C/C=C\C/C=C\C/C=C\CCCCCC(=O)OC(COC(=O)CCCCCCCC/C=C\C/C=C\C/C=C\C/C=C\CC)COP(=O)(O)OCC(CO)OC(=O)CCCCCCCCCCCCCCCCCCCCC. The lowest BCUT2D eigenvalue weighted by molar-refractivity contribution is -0.161. The van der Waals surface area contributed by atoms with Gasteiger partial charge in [-0.1, -0.05) is 278 Å². The number of allylic oxidation sites excluding steroid dienone is 18. The minimum Gasteiger partial charge on any atom is -0.462 e. The van der Waals surface area contributed by atoms with Crippen LogP contribution in [-0.4, -0.2) is 66.5 Å². The third kappa shape index (κ3) is 62.7. The van der Waals surface area contributed by atoms with Gasteiger partial charge in [-0.25, -0.2) is 4.57 Å². The van der Waals surface area contributed by atoms with Gasteiger partial charge in [0.1, 0.15) is 12.7 Å². The summed E-state index contributed by atoms with van der Waals surface area (Å²) in [6, 6.07) is 0. The molecule has 0 bridgehead atoms. The topological polar surface area (TPSA) is 155 Å². The molecule has 0 heterocycles. The monoisotopic (exact) mass is 1190 g/mol. The molecule has 0 fully saturated rings. The highest BCUT2D eigenvalue weighted by Crippen LogP contribution is 2.43. The van der Waals surface area contributed by atoms with Crippen molar-refractivity contribution in [2.75, 3.05) is 26.4 Å². The Balaban J connectivity index is 4.75. The molecular formula is C72H123O11P. The smallest absolute Gasteiger partial charge is 0.462 e. The van der Waals surface area contributed by atoms with Crippen LogP contribution in [0.15, 0.2) is 109 Å². The number of hydrogen-bond donors (Lipinski definition) is 2. The number of aliphatic hydroxyl groups excluding tert-OH is 1. The Bertz CT molecular complexity index is 1830. The molecule has 0 amide bonds. The van der Waals surface area contributed by atoms with Crippen LogP contribution in [0.1, 0.15) is 290 Å². The summed E-state index contributed by atoms with van der Waals surface area (Å²) in [5.41, 5.74) is 0. The Hall–Kier alpha value is -3.86. The molecule has 0 aliphatic rings. The first-order valence-electron chi connectivity index (χ1n) is 33.8. The summed E-state index contributed by atoms with van der Waals surface area (Å²) in [5.74, 6) is -1.51. The minimum absolute atomic E-state index is 0.121. The standard InChI is InChI=1S/C72H123O11P/c1-4-7-10-13-16-19-22-25-28-31-34-37-40-43-46-49-52-55-58-61-70(74)79-65-69(83-72(76)63-60-57-54-51-48-45-42-39-36-33-30-27-24-21-18-15-12-9-6-3)67-81-84(77,78)80-66-68(64-73)82-71(75)62-59-56-53-50-47-44-41-38-35-32-29-26-23-20-17-14-11-8-5-2/h7,9-10,12,16,18-19,21,25,27-28,30,34,36-37,39,45,48,68-69,73H,4-6,8,11,13-15,17,20,22-24,26,29,31-33,35,38,40-44,46-47,49-67H2,1-3H3,(H,77,78)/b10-7-,12-9-,19-16-,21-18-,28-25-,30-27-,37-34-,39-36-,48-45-. The maximum atomic E-state index is 13.0. The van der Waals surface area contributed by atoms with E-state index in [0.717, 1.165) is 135 Å². The van der Waals surface area contributed by atoms with Gasteiger partial charge in [-0.05, 0) is 103 Å². The summed E-state index contributed by atoms with van der Waals surface area (Å²) in [5, 5.41) is 9.88. The highest BCUT2D eigenvalue weighted by Gasteiger charge is 2.28. The highest BCUT2D eigenvalue weighted by atomic mass is 31.2. The Morgan fingerprint density at radius 1 is 0.345 bits per heavy atom. The molecule has 2 N–H and O–H groups in total. The summed E-state index contributed by atoms with van der Waals surface area (Å²) in [6.07, 6.45) is 80.4. The zero-order valence-electron chi connectivity index (χ0n) is 53.6. The summed E-state index contributed by atoms with van der Waals surface area (Å²) in [7, 11) is -4.77. The molecule has 0 aromatic carbocycles. The summed E-state index contributed by atoms with van der Waals surface area (Å²) >= 11 is 0. The van der Waals surface area contributed by atoms with Gasteiger partial charge in [-0.3, -0.25) is 23.4 Å². The first-order chi connectivity index (χ1) is 41.2. The van der Waals surface area contributed by atoms with E-state index in [0.29, 0.717) is 19.3 Å². The van der Waals surface area contributed by atoms with E-state index < -0.39 is 57.8 Å². The first-order valence-corrected chi connectivity index (χ1v) is 35.3. The predicted octanol–water partition coefficient (Wildman–Crippen LogP) is 20.9. The van der Waals surface area contributed by atoms with Gasteiger partial charge in [0.15, 0.2) is 6.10 Å². The number of ether oxygens (including phenoxy) is 3. The van der Waals surface area contributed by atoms with Gasteiger partial charge < -0.3 is 24.2 Å². The predicted molar refractivity (Wildman–Crippen MR) is 353 cm³/mol. The molecule has 0 spiro atoms. The van der Waals surface area contributed by atoms with Gasteiger partial charge in [0, 0.05) is 19.3 Å². The van der Waals surface area contributed by atoms with Crippen LogP contribution in [0.3, 0.4) is 0 Å². The fourth-order valence-corrected chi connectivity index (χ4v) is 9.92. The van der Waals surface area contributed by atoms with Crippen LogP contribution in [0.2, 0.25) is 0 Å². The lowest BCUT2D eigenvalue weighted by Gasteiger charge is -2.21. The van der Waals surface area contributed by atoms with Gasteiger partial charge in [-0.15, -0.1) is 0 Å². The number of phosphoric ester groups is 1. The van der Waals surface area contributed by atoms with Crippen LogP contribution in [0.25, 0.3) is 0 Å². The lowest BCUT2D eigenvalue weighted by atomic mass is 10.0. The second-order valence-corrected chi connectivity index (χ2v) is 23.7. The molecular weight excluding hydrogens is 1070 g/mol. The van der Waals surface area contributed by atoms with Gasteiger partial charge >= 0.3 is 25.7 Å². The Morgan fingerprint density at radius 3 is 0.964 bits per heavy atom. The van der Waals surface area contributed by atoms with Crippen molar-refractivity contribution in [3.63, 3.8) is 0 Å². The van der Waals surface area contributed by atoms with Crippen molar-refractivity contribution in [2.45, 2.75) is 303 Å². The third-order valence-electron chi connectivity index (χ3n) is 14.2. The number of aliphatic hydroxyl groups is 1. The van der Waals surface area contributed by atoms with Gasteiger partial charge in [-0.2, -0.15) is 0 Å². The second kappa shape index (κ2) is 65.1. The number of carbonyl (C=O) groups excluding carboxylic acids is 3. The number of carbonyl (C=O) groups is 3. The van der Waals surface area contributed by atoms with Crippen molar-refractivity contribution in [3.8, 4) is 0 Å². The molecule has 0 aromatic rings. The summed E-state index contributed by atoms with van der Waals surface area (Å²) < 4.78 is 39.7. The molecule has 12 heteroatoms. The van der Waals surface area contributed by atoms with Gasteiger partial charge in [0.05, 0.1) is 19.8 Å². The molecule has 84 heavy (non-hydrogen) atoms. The van der Waals surface area contributed by atoms with Crippen molar-refractivity contribution in [3.05, 3.63) is 109 Å². The number of unbranched alkanes of at least 4 members (excludes halogenated alkanes) is 27. The number of esters is 3. The fourth-order valence-electron chi connectivity index (χ4n) is 9.14. The van der Waals surface area contributed by atoms with Crippen molar-refractivity contribution < 1.29 is 52.2 Å². The lowest BCUT2D eigenvalue weighted by Crippen LogP contribution is -2.30.